The van der Waals surface area contributed by atoms with Gasteiger partial charge in [-0.2, -0.15) is 5.26 Å². The minimum atomic E-state index is -0.313. The smallest absolute Gasteiger partial charge is 0.274 e. The molecule has 9 nitrogen and oxygen atoms in total. The van der Waals surface area contributed by atoms with Gasteiger partial charge >= 0.3 is 0 Å². The zero-order valence-corrected chi connectivity index (χ0v) is 24.7. The summed E-state index contributed by atoms with van der Waals surface area (Å²) < 4.78 is 5.21. The van der Waals surface area contributed by atoms with E-state index in [0.29, 0.717) is 22.6 Å². The van der Waals surface area contributed by atoms with Crippen molar-refractivity contribution in [3.8, 4) is 27.9 Å². The van der Waals surface area contributed by atoms with Crippen molar-refractivity contribution in [3.05, 3.63) is 95.8 Å². The fraction of sp³-hybridized carbons (Fsp3) is 0.242. The summed E-state index contributed by atoms with van der Waals surface area (Å²) in [6.07, 6.45) is 1.95. The van der Waals surface area contributed by atoms with Crippen molar-refractivity contribution >= 4 is 33.3 Å². The number of pyridine rings is 2. The monoisotopic (exact) mass is 589 g/mol. The van der Waals surface area contributed by atoms with Crippen LogP contribution in [-0.4, -0.2) is 77.1 Å². The molecule has 0 atom stereocenters. The molecule has 0 bridgehead atoms. The molecule has 4 heterocycles. The van der Waals surface area contributed by atoms with E-state index in [2.05, 4.69) is 32.2 Å². The number of carbonyl (C=O) groups excluding carboxylic acids is 1. The van der Waals surface area contributed by atoms with Crippen molar-refractivity contribution in [3.63, 3.8) is 0 Å². The van der Waals surface area contributed by atoms with Crippen LogP contribution in [0.3, 0.4) is 0 Å². The molecule has 1 amide bonds. The maximum Gasteiger partial charge on any atom is 0.274 e. The van der Waals surface area contributed by atoms with Crippen LogP contribution in [0.5, 0.6) is 0 Å². The highest BCUT2D eigenvalue weighted by Crippen LogP contribution is 2.34. The summed E-state index contributed by atoms with van der Waals surface area (Å²) in [6, 6.07) is 24.4. The zero-order valence-electron chi connectivity index (χ0n) is 23.9. The first-order valence-electron chi connectivity index (χ1n) is 14.2. The maximum atomic E-state index is 13.3. The van der Waals surface area contributed by atoms with Crippen LogP contribution in [0.2, 0.25) is 0 Å². The minimum absolute atomic E-state index is 0.298. The average molecular weight is 590 g/mol. The van der Waals surface area contributed by atoms with Crippen LogP contribution in [0.4, 0.5) is 5.69 Å². The van der Waals surface area contributed by atoms with Gasteiger partial charge in [0.15, 0.2) is 0 Å². The van der Waals surface area contributed by atoms with Crippen molar-refractivity contribution in [2.75, 3.05) is 51.8 Å². The fourth-order valence-corrected chi connectivity index (χ4v) is 6.05. The summed E-state index contributed by atoms with van der Waals surface area (Å²) in [4.78, 5) is 33.3. The summed E-state index contributed by atoms with van der Waals surface area (Å²) in [7, 11) is 1.75. The molecule has 0 spiro atoms. The van der Waals surface area contributed by atoms with Crippen molar-refractivity contribution < 1.29 is 9.53 Å². The fourth-order valence-electron chi connectivity index (χ4n) is 5.12. The molecule has 0 radical (unpaired) electrons. The average Bonchev–Trinajstić information content (AvgIpc) is 3.48. The zero-order chi connectivity index (χ0) is 29.6. The number of nitriles is 1. The number of nitrogens with one attached hydrogen (secondary N) is 1. The van der Waals surface area contributed by atoms with Gasteiger partial charge in [-0.1, -0.05) is 41.7 Å². The predicted molar refractivity (Wildman–Crippen MR) is 169 cm³/mol. The molecule has 5 aromatic rings. The number of methoxy groups -OCH3 is 1. The number of rotatable bonds is 9. The lowest BCUT2D eigenvalue weighted by Crippen LogP contribution is -2.46. The Morgan fingerprint density at radius 2 is 1.79 bits per heavy atom. The van der Waals surface area contributed by atoms with E-state index in [-0.39, 0.29) is 5.91 Å². The third-order valence-electron chi connectivity index (χ3n) is 7.48. The third-order valence-corrected chi connectivity index (χ3v) is 8.50. The molecular formula is C33H31N7O2S. The van der Waals surface area contributed by atoms with Gasteiger partial charge in [-0.05, 0) is 48.0 Å². The molecule has 1 fully saturated rings. The van der Waals surface area contributed by atoms with Crippen LogP contribution in [0.1, 0.15) is 21.6 Å². The first-order chi connectivity index (χ1) is 21.1. The number of para-hydroxylation sites is 1. The van der Waals surface area contributed by atoms with Gasteiger partial charge in [0, 0.05) is 63.7 Å². The molecule has 216 valence electrons. The molecule has 6 rings (SSSR count). The standard InChI is InChI=1S/C33H31N7O2S/c1-42-18-17-39-13-15-40(16-14-39)22-24-19-30-33(35-21-24)43-32(38-30)26-5-2-3-6-28(26)37-31(41)29-8-4-7-27(36-29)25-11-9-23(20-34)10-12-25/h2-12,19,21H,13-18,22H2,1H3,(H,37,41). The molecule has 1 saturated heterocycles. The molecular weight excluding hydrogens is 558 g/mol. The second kappa shape index (κ2) is 13.2. The largest absolute Gasteiger partial charge is 0.383 e. The van der Waals surface area contributed by atoms with Gasteiger partial charge in [0.05, 0.1) is 29.6 Å². The highest BCUT2D eigenvalue weighted by Gasteiger charge is 2.19. The van der Waals surface area contributed by atoms with E-state index in [4.69, 9.17) is 20.0 Å². The van der Waals surface area contributed by atoms with Gasteiger partial charge in [-0.15, -0.1) is 0 Å². The third kappa shape index (κ3) is 6.77. The molecule has 0 saturated carbocycles. The van der Waals surface area contributed by atoms with Gasteiger partial charge in [0.2, 0.25) is 0 Å². The molecule has 2 aromatic carbocycles. The number of ether oxygens (including phenoxy) is 1. The number of anilines is 1. The number of benzene rings is 2. The Bertz CT molecular complexity index is 1770. The predicted octanol–water partition coefficient (Wildman–Crippen LogP) is 5.31. The molecule has 3 aromatic heterocycles. The van der Waals surface area contributed by atoms with Crippen LogP contribution < -0.4 is 5.32 Å². The maximum absolute atomic E-state index is 13.3. The molecule has 1 aliphatic heterocycles. The Kier molecular flexibility index (Phi) is 8.77. The number of hydrogen-bond acceptors (Lipinski definition) is 9. The summed E-state index contributed by atoms with van der Waals surface area (Å²) >= 11 is 1.51. The number of nitrogens with zero attached hydrogens (tertiary/aromatic N) is 6. The Hall–Kier alpha value is -4.53. The minimum Gasteiger partial charge on any atom is -0.383 e. The van der Waals surface area contributed by atoms with E-state index in [0.717, 1.165) is 77.9 Å². The Morgan fingerprint density at radius 1 is 1.00 bits per heavy atom. The second-order valence-electron chi connectivity index (χ2n) is 10.4. The number of aromatic nitrogens is 3. The van der Waals surface area contributed by atoms with Crippen LogP contribution in [-0.2, 0) is 11.3 Å². The number of piperazine rings is 1. The van der Waals surface area contributed by atoms with Gasteiger partial charge < -0.3 is 10.1 Å². The first kappa shape index (κ1) is 28.6. The van der Waals surface area contributed by atoms with Gasteiger partial charge in [0.25, 0.3) is 5.91 Å². The highest BCUT2D eigenvalue weighted by atomic mass is 32.1. The van der Waals surface area contributed by atoms with E-state index < -0.39 is 0 Å². The molecule has 10 heteroatoms. The van der Waals surface area contributed by atoms with Crippen molar-refractivity contribution in [2.45, 2.75) is 6.54 Å². The number of hydrogen-bond donors (Lipinski definition) is 1. The van der Waals surface area contributed by atoms with Crippen LogP contribution in [0.25, 0.3) is 32.2 Å². The Labute approximate surface area is 254 Å². The number of thiazole rings is 1. The number of amides is 1. The first-order valence-corrected chi connectivity index (χ1v) is 15.0. The van der Waals surface area contributed by atoms with E-state index in [1.54, 1.807) is 31.4 Å². The molecule has 1 N–H and O–H groups in total. The summed E-state index contributed by atoms with van der Waals surface area (Å²) in [5, 5.41) is 12.9. The van der Waals surface area contributed by atoms with Gasteiger partial charge in [0.1, 0.15) is 21.0 Å². The van der Waals surface area contributed by atoms with Crippen molar-refractivity contribution in [1.29, 1.82) is 5.26 Å². The second-order valence-corrected chi connectivity index (χ2v) is 11.4. The highest BCUT2D eigenvalue weighted by molar-refractivity contribution is 7.21. The molecule has 0 aliphatic carbocycles. The number of carbonyl (C=O) groups is 1. The topological polar surface area (TPSA) is 107 Å². The van der Waals surface area contributed by atoms with Crippen LogP contribution in [0, 0.1) is 11.3 Å². The van der Waals surface area contributed by atoms with E-state index in [1.807, 2.05) is 48.7 Å². The van der Waals surface area contributed by atoms with E-state index in [9.17, 15) is 4.79 Å². The lowest BCUT2D eigenvalue weighted by Gasteiger charge is -2.34. The van der Waals surface area contributed by atoms with Crippen molar-refractivity contribution in [1.82, 2.24) is 24.8 Å². The lowest BCUT2D eigenvalue weighted by atomic mass is 10.1. The molecule has 1 aliphatic rings. The summed E-state index contributed by atoms with van der Waals surface area (Å²) in [6.45, 7) is 6.70. The van der Waals surface area contributed by atoms with Crippen LogP contribution >= 0.6 is 11.3 Å². The lowest BCUT2D eigenvalue weighted by molar-refractivity contribution is 0.0938. The Morgan fingerprint density at radius 3 is 2.58 bits per heavy atom. The molecule has 43 heavy (non-hydrogen) atoms. The normalized spacial score (nSPS) is 14.0. The summed E-state index contributed by atoms with van der Waals surface area (Å²) in [5.74, 6) is -0.313. The van der Waals surface area contributed by atoms with Gasteiger partial charge in [-0.25, -0.2) is 15.0 Å². The van der Waals surface area contributed by atoms with Crippen LogP contribution in [0.15, 0.2) is 79.0 Å². The number of fused-ring (bicyclic) bond motifs is 1. The SMILES string of the molecule is COCCN1CCN(Cc2cnc3sc(-c4ccccc4NC(=O)c4cccc(-c5ccc(C#N)cc5)n4)nc3c2)CC1. The Balaban J connectivity index is 1.16. The quantitative estimate of drug-likeness (QED) is 0.247. The molecule has 0 unspecified atom stereocenters. The van der Waals surface area contributed by atoms with Crippen molar-refractivity contribution in [2.24, 2.45) is 0 Å². The summed E-state index contributed by atoms with van der Waals surface area (Å²) in [5.41, 5.74) is 5.85. The van der Waals surface area contributed by atoms with E-state index >= 15 is 0 Å². The van der Waals surface area contributed by atoms with Gasteiger partial charge in [-0.3, -0.25) is 14.6 Å². The van der Waals surface area contributed by atoms with E-state index in [1.165, 1.54) is 11.3 Å².